The van der Waals surface area contributed by atoms with Crippen LogP contribution in [0.15, 0.2) is 0 Å². The maximum Gasteiger partial charge on any atom is 0.223 e. The van der Waals surface area contributed by atoms with Crippen LogP contribution in [0.4, 0.5) is 0 Å². The van der Waals surface area contributed by atoms with E-state index >= 15 is 0 Å². The smallest absolute Gasteiger partial charge is 0.223 e. The van der Waals surface area contributed by atoms with Crippen LogP contribution in [0.1, 0.15) is 19.8 Å². The van der Waals surface area contributed by atoms with Gasteiger partial charge < -0.3 is 15.3 Å². The second-order valence-electron chi connectivity index (χ2n) is 3.52. The van der Waals surface area contributed by atoms with Crippen molar-refractivity contribution in [3.05, 3.63) is 0 Å². The monoisotopic (exact) mass is 186 g/mol. The van der Waals surface area contributed by atoms with E-state index < -0.39 is 0 Å². The predicted octanol–water partition coefficient (Wildman–Crippen LogP) is -0.421. The van der Waals surface area contributed by atoms with Crippen molar-refractivity contribution in [3.63, 3.8) is 0 Å². The minimum atomic E-state index is -0.316. The Morgan fingerprint density at radius 1 is 1.62 bits per heavy atom. The lowest BCUT2D eigenvalue weighted by molar-refractivity contribution is -0.130. The fraction of sp³-hybridized carbons (Fsp3) is 0.889. The Bertz CT molecular complexity index is 171. The minimum Gasteiger partial charge on any atom is -0.393 e. The molecule has 1 amide bonds. The number of hydrogen-bond donors (Lipinski definition) is 2. The molecule has 1 fully saturated rings. The van der Waals surface area contributed by atoms with Crippen molar-refractivity contribution < 1.29 is 9.90 Å². The zero-order valence-corrected chi connectivity index (χ0v) is 8.12. The average Bonchev–Trinajstić information content (AvgIpc) is 2.27. The Hall–Kier alpha value is -0.610. The Morgan fingerprint density at radius 2 is 2.38 bits per heavy atom. The first kappa shape index (κ1) is 10.5. The largest absolute Gasteiger partial charge is 0.393 e. The summed E-state index contributed by atoms with van der Waals surface area (Å²) in [7, 11) is 0. The van der Waals surface area contributed by atoms with Crippen LogP contribution in [0.3, 0.4) is 0 Å². The first-order valence-electron chi connectivity index (χ1n) is 4.86. The first-order chi connectivity index (χ1) is 6.20. The van der Waals surface area contributed by atoms with Crippen molar-refractivity contribution in [2.75, 3.05) is 26.2 Å². The van der Waals surface area contributed by atoms with Gasteiger partial charge in [0.05, 0.1) is 6.10 Å². The SMILES string of the molecule is CC(O)CCN1CCNCCC1=O. The van der Waals surface area contributed by atoms with E-state index in [0.29, 0.717) is 19.4 Å². The fourth-order valence-corrected chi connectivity index (χ4v) is 1.40. The number of carbonyl (C=O) groups is 1. The molecule has 76 valence electrons. The molecule has 0 bridgehead atoms. The molecular formula is C9H18N2O2. The van der Waals surface area contributed by atoms with Gasteiger partial charge in [0.25, 0.3) is 0 Å². The lowest BCUT2D eigenvalue weighted by atomic mass is 10.2. The number of carbonyl (C=O) groups excluding carboxylic acids is 1. The third-order valence-corrected chi connectivity index (χ3v) is 2.24. The van der Waals surface area contributed by atoms with Crippen LogP contribution in [0, 0.1) is 0 Å². The summed E-state index contributed by atoms with van der Waals surface area (Å²) >= 11 is 0. The number of hydrogen-bond acceptors (Lipinski definition) is 3. The molecule has 0 aromatic rings. The summed E-state index contributed by atoms with van der Waals surface area (Å²) in [6, 6.07) is 0. The van der Waals surface area contributed by atoms with E-state index in [2.05, 4.69) is 5.32 Å². The van der Waals surface area contributed by atoms with Gasteiger partial charge in [0.1, 0.15) is 0 Å². The van der Waals surface area contributed by atoms with Gasteiger partial charge >= 0.3 is 0 Å². The van der Waals surface area contributed by atoms with Crippen LogP contribution in [0.5, 0.6) is 0 Å². The molecule has 0 spiro atoms. The molecule has 2 N–H and O–H groups in total. The third kappa shape index (κ3) is 3.74. The molecular weight excluding hydrogens is 168 g/mol. The van der Waals surface area contributed by atoms with E-state index in [1.165, 1.54) is 0 Å². The number of rotatable bonds is 3. The highest BCUT2D eigenvalue weighted by atomic mass is 16.3. The van der Waals surface area contributed by atoms with Crippen LogP contribution in [0.2, 0.25) is 0 Å². The van der Waals surface area contributed by atoms with Crippen molar-refractivity contribution in [2.45, 2.75) is 25.9 Å². The van der Waals surface area contributed by atoms with E-state index in [4.69, 9.17) is 5.11 Å². The minimum absolute atomic E-state index is 0.200. The molecule has 0 aromatic carbocycles. The van der Waals surface area contributed by atoms with Crippen molar-refractivity contribution in [2.24, 2.45) is 0 Å². The Morgan fingerprint density at radius 3 is 3.08 bits per heavy atom. The third-order valence-electron chi connectivity index (χ3n) is 2.24. The molecule has 1 aliphatic heterocycles. The molecule has 1 rings (SSSR count). The number of nitrogens with zero attached hydrogens (tertiary/aromatic N) is 1. The van der Waals surface area contributed by atoms with Gasteiger partial charge in [-0.3, -0.25) is 4.79 Å². The summed E-state index contributed by atoms with van der Waals surface area (Å²) in [5, 5.41) is 12.3. The average molecular weight is 186 g/mol. The topological polar surface area (TPSA) is 52.6 Å². The second-order valence-corrected chi connectivity index (χ2v) is 3.52. The maximum absolute atomic E-state index is 11.4. The summed E-state index contributed by atoms with van der Waals surface area (Å²) in [5.74, 6) is 0.200. The molecule has 1 aliphatic rings. The van der Waals surface area contributed by atoms with Crippen LogP contribution in [-0.4, -0.2) is 48.2 Å². The van der Waals surface area contributed by atoms with Gasteiger partial charge in [-0.2, -0.15) is 0 Å². The van der Waals surface area contributed by atoms with Gasteiger partial charge in [-0.25, -0.2) is 0 Å². The summed E-state index contributed by atoms with van der Waals surface area (Å²) < 4.78 is 0. The quantitative estimate of drug-likeness (QED) is 0.629. The normalized spacial score (nSPS) is 21.4. The second kappa shape index (κ2) is 5.19. The van der Waals surface area contributed by atoms with Crippen molar-refractivity contribution in [1.82, 2.24) is 10.2 Å². The van der Waals surface area contributed by atoms with Gasteiger partial charge in [-0.15, -0.1) is 0 Å². The van der Waals surface area contributed by atoms with E-state index in [-0.39, 0.29) is 12.0 Å². The zero-order valence-electron chi connectivity index (χ0n) is 8.12. The summed E-state index contributed by atoms with van der Waals surface area (Å²) in [4.78, 5) is 13.3. The molecule has 1 saturated heterocycles. The number of nitrogens with one attached hydrogen (secondary N) is 1. The first-order valence-corrected chi connectivity index (χ1v) is 4.86. The molecule has 0 aromatic heterocycles. The number of aliphatic hydroxyl groups excluding tert-OH is 1. The van der Waals surface area contributed by atoms with Crippen LogP contribution < -0.4 is 5.32 Å². The lowest BCUT2D eigenvalue weighted by Crippen LogP contribution is -2.34. The van der Waals surface area contributed by atoms with Crippen molar-refractivity contribution in [1.29, 1.82) is 0 Å². The van der Waals surface area contributed by atoms with Crippen molar-refractivity contribution in [3.8, 4) is 0 Å². The maximum atomic E-state index is 11.4. The van der Waals surface area contributed by atoms with Crippen LogP contribution in [0.25, 0.3) is 0 Å². The molecule has 13 heavy (non-hydrogen) atoms. The summed E-state index contributed by atoms with van der Waals surface area (Å²) in [6.45, 7) is 4.85. The van der Waals surface area contributed by atoms with E-state index in [9.17, 15) is 4.79 Å². The van der Waals surface area contributed by atoms with Crippen LogP contribution >= 0.6 is 0 Å². The Labute approximate surface area is 78.9 Å². The molecule has 1 unspecified atom stereocenters. The van der Waals surface area contributed by atoms with Gasteiger partial charge in [0.15, 0.2) is 0 Å². The molecule has 0 aliphatic carbocycles. The number of amides is 1. The molecule has 4 nitrogen and oxygen atoms in total. The molecule has 0 radical (unpaired) electrons. The van der Waals surface area contributed by atoms with Gasteiger partial charge in [-0.05, 0) is 13.3 Å². The lowest BCUT2D eigenvalue weighted by Gasteiger charge is -2.20. The van der Waals surface area contributed by atoms with Gasteiger partial charge in [0.2, 0.25) is 5.91 Å². The van der Waals surface area contributed by atoms with E-state index in [1.807, 2.05) is 4.90 Å². The molecule has 0 saturated carbocycles. The number of aliphatic hydroxyl groups is 1. The highest BCUT2D eigenvalue weighted by Gasteiger charge is 2.15. The van der Waals surface area contributed by atoms with Crippen LogP contribution in [-0.2, 0) is 4.79 Å². The van der Waals surface area contributed by atoms with Crippen molar-refractivity contribution >= 4 is 5.91 Å². The summed E-state index contributed by atoms with van der Waals surface area (Å²) in [6.07, 6.45) is 0.940. The summed E-state index contributed by atoms with van der Waals surface area (Å²) in [5.41, 5.74) is 0. The zero-order chi connectivity index (χ0) is 9.68. The molecule has 4 heteroatoms. The highest BCUT2D eigenvalue weighted by Crippen LogP contribution is 2.00. The molecule has 1 heterocycles. The highest BCUT2D eigenvalue weighted by molar-refractivity contribution is 5.76. The Kier molecular flexibility index (Phi) is 4.18. The Balaban J connectivity index is 2.32. The van der Waals surface area contributed by atoms with Gasteiger partial charge in [-0.1, -0.05) is 0 Å². The standard InChI is InChI=1S/C9H18N2O2/c1-8(12)3-6-11-7-5-10-4-2-9(11)13/h8,10,12H,2-7H2,1H3. The fourth-order valence-electron chi connectivity index (χ4n) is 1.40. The van der Waals surface area contributed by atoms with E-state index in [1.54, 1.807) is 6.92 Å². The molecule has 1 atom stereocenters. The predicted molar refractivity (Wildman–Crippen MR) is 50.4 cm³/mol. The van der Waals surface area contributed by atoms with E-state index in [0.717, 1.165) is 19.6 Å². The van der Waals surface area contributed by atoms with Gasteiger partial charge in [0, 0.05) is 32.6 Å².